The van der Waals surface area contributed by atoms with Gasteiger partial charge in [-0.05, 0) is 50.1 Å². The van der Waals surface area contributed by atoms with Crippen LogP contribution in [-0.2, 0) is 12.6 Å². The van der Waals surface area contributed by atoms with E-state index in [0.29, 0.717) is 24.3 Å². The van der Waals surface area contributed by atoms with Crippen molar-refractivity contribution in [3.05, 3.63) is 29.3 Å². The van der Waals surface area contributed by atoms with Gasteiger partial charge < -0.3 is 15.0 Å². The fourth-order valence-electron chi connectivity index (χ4n) is 2.68. The van der Waals surface area contributed by atoms with Crippen LogP contribution in [0.5, 0.6) is 5.75 Å². The SMILES string of the molecule is CCOc1ccc(C(F)(F)F)cc1CCCN1CCNCC1. The summed E-state index contributed by atoms with van der Waals surface area (Å²) in [5.74, 6) is 0.566. The molecule has 0 bridgehead atoms. The van der Waals surface area contributed by atoms with Gasteiger partial charge >= 0.3 is 6.18 Å². The van der Waals surface area contributed by atoms with E-state index in [9.17, 15) is 13.2 Å². The summed E-state index contributed by atoms with van der Waals surface area (Å²) in [6, 6.07) is 3.75. The number of hydrogen-bond donors (Lipinski definition) is 1. The van der Waals surface area contributed by atoms with Gasteiger partial charge in [0.05, 0.1) is 12.2 Å². The molecule has 1 N–H and O–H groups in total. The van der Waals surface area contributed by atoms with Gasteiger partial charge in [-0.1, -0.05) is 0 Å². The van der Waals surface area contributed by atoms with Crippen molar-refractivity contribution in [2.45, 2.75) is 25.9 Å². The van der Waals surface area contributed by atoms with Gasteiger partial charge in [0.25, 0.3) is 0 Å². The Labute approximate surface area is 129 Å². The van der Waals surface area contributed by atoms with E-state index in [-0.39, 0.29) is 0 Å². The van der Waals surface area contributed by atoms with E-state index >= 15 is 0 Å². The van der Waals surface area contributed by atoms with Crippen molar-refractivity contribution in [3.8, 4) is 5.75 Å². The molecule has 1 heterocycles. The van der Waals surface area contributed by atoms with E-state index in [1.165, 1.54) is 12.1 Å². The molecule has 0 saturated carbocycles. The van der Waals surface area contributed by atoms with Crippen LogP contribution in [0.25, 0.3) is 0 Å². The van der Waals surface area contributed by atoms with Crippen LogP contribution in [0.2, 0.25) is 0 Å². The first-order valence-corrected chi connectivity index (χ1v) is 7.76. The Morgan fingerprint density at radius 2 is 1.95 bits per heavy atom. The second kappa shape index (κ2) is 7.83. The molecule has 0 radical (unpaired) electrons. The first kappa shape index (κ1) is 17.1. The van der Waals surface area contributed by atoms with Gasteiger partial charge in [0.2, 0.25) is 0 Å². The Hall–Kier alpha value is -1.27. The van der Waals surface area contributed by atoms with Crippen molar-refractivity contribution < 1.29 is 17.9 Å². The van der Waals surface area contributed by atoms with Crippen molar-refractivity contribution in [1.29, 1.82) is 0 Å². The first-order chi connectivity index (χ1) is 10.5. The average molecular weight is 316 g/mol. The summed E-state index contributed by atoms with van der Waals surface area (Å²) >= 11 is 0. The molecule has 0 amide bonds. The number of hydrogen-bond acceptors (Lipinski definition) is 3. The van der Waals surface area contributed by atoms with Gasteiger partial charge in [0.15, 0.2) is 0 Å². The molecule has 1 aliphatic rings. The van der Waals surface area contributed by atoms with Gasteiger partial charge in [-0.2, -0.15) is 13.2 Å². The number of aryl methyl sites for hydroxylation is 1. The summed E-state index contributed by atoms with van der Waals surface area (Å²) in [7, 11) is 0. The maximum atomic E-state index is 12.8. The molecule has 1 aliphatic heterocycles. The molecule has 0 aliphatic carbocycles. The molecule has 3 nitrogen and oxygen atoms in total. The summed E-state index contributed by atoms with van der Waals surface area (Å²) in [6.45, 7) is 7.16. The molecule has 2 rings (SSSR count). The van der Waals surface area contributed by atoms with Gasteiger partial charge in [-0.15, -0.1) is 0 Å². The van der Waals surface area contributed by atoms with Crippen LogP contribution < -0.4 is 10.1 Å². The van der Waals surface area contributed by atoms with Crippen LogP contribution in [0, 0.1) is 0 Å². The van der Waals surface area contributed by atoms with Gasteiger partial charge in [-0.25, -0.2) is 0 Å². The predicted molar refractivity (Wildman–Crippen MR) is 80.2 cm³/mol. The lowest BCUT2D eigenvalue weighted by Crippen LogP contribution is -2.43. The molecule has 0 unspecified atom stereocenters. The minimum absolute atomic E-state index is 0.455. The highest BCUT2D eigenvalue weighted by Crippen LogP contribution is 2.33. The minimum Gasteiger partial charge on any atom is -0.494 e. The quantitative estimate of drug-likeness (QED) is 0.873. The third-order valence-electron chi connectivity index (χ3n) is 3.82. The summed E-state index contributed by atoms with van der Waals surface area (Å²) in [5, 5.41) is 3.29. The molecule has 1 aromatic rings. The van der Waals surface area contributed by atoms with Crippen LogP contribution in [0.4, 0.5) is 13.2 Å². The lowest BCUT2D eigenvalue weighted by atomic mass is 10.0. The Kier molecular flexibility index (Phi) is 6.08. The fourth-order valence-corrected chi connectivity index (χ4v) is 2.68. The van der Waals surface area contributed by atoms with E-state index in [1.54, 1.807) is 0 Å². The highest BCUT2D eigenvalue weighted by atomic mass is 19.4. The number of ether oxygens (including phenoxy) is 1. The monoisotopic (exact) mass is 316 g/mol. The lowest BCUT2D eigenvalue weighted by molar-refractivity contribution is -0.137. The fraction of sp³-hybridized carbons (Fsp3) is 0.625. The smallest absolute Gasteiger partial charge is 0.416 e. The third-order valence-corrected chi connectivity index (χ3v) is 3.82. The zero-order chi connectivity index (χ0) is 16.0. The maximum Gasteiger partial charge on any atom is 0.416 e. The van der Waals surface area contributed by atoms with E-state index in [0.717, 1.165) is 45.2 Å². The first-order valence-electron chi connectivity index (χ1n) is 7.76. The lowest BCUT2D eigenvalue weighted by Gasteiger charge is -2.27. The maximum absolute atomic E-state index is 12.8. The van der Waals surface area contributed by atoms with E-state index in [4.69, 9.17) is 4.74 Å². The van der Waals surface area contributed by atoms with Crippen molar-refractivity contribution in [2.75, 3.05) is 39.3 Å². The number of rotatable bonds is 6. The Morgan fingerprint density at radius 3 is 2.59 bits per heavy atom. The number of halogens is 3. The summed E-state index contributed by atoms with van der Waals surface area (Å²) in [4.78, 5) is 2.34. The summed E-state index contributed by atoms with van der Waals surface area (Å²) < 4.78 is 44.0. The molecular weight excluding hydrogens is 293 g/mol. The molecule has 0 spiro atoms. The van der Waals surface area contributed by atoms with Crippen LogP contribution in [0.1, 0.15) is 24.5 Å². The van der Waals surface area contributed by atoms with Crippen molar-refractivity contribution in [1.82, 2.24) is 10.2 Å². The number of nitrogens with zero attached hydrogens (tertiary/aromatic N) is 1. The van der Waals surface area contributed by atoms with Gasteiger partial charge in [-0.3, -0.25) is 0 Å². The summed E-state index contributed by atoms with van der Waals surface area (Å²) in [5.41, 5.74) is 0.0416. The van der Waals surface area contributed by atoms with Crippen LogP contribution >= 0.6 is 0 Å². The second-order valence-corrected chi connectivity index (χ2v) is 5.45. The Bertz CT molecular complexity index is 471. The topological polar surface area (TPSA) is 24.5 Å². The van der Waals surface area contributed by atoms with E-state index in [2.05, 4.69) is 10.2 Å². The number of piperazine rings is 1. The molecular formula is C16H23F3N2O. The van der Waals surface area contributed by atoms with E-state index in [1.807, 2.05) is 6.92 Å². The second-order valence-electron chi connectivity index (χ2n) is 5.45. The molecule has 1 saturated heterocycles. The number of alkyl halides is 3. The average Bonchev–Trinajstić information content (AvgIpc) is 2.49. The highest BCUT2D eigenvalue weighted by Gasteiger charge is 2.31. The van der Waals surface area contributed by atoms with Crippen LogP contribution in [0.15, 0.2) is 18.2 Å². The third kappa shape index (κ3) is 4.88. The summed E-state index contributed by atoms with van der Waals surface area (Å²) in [6.07, 6.45) is -2.87. The van der Waals surface area contributed by atoms with Crippen molar-refractivity contribution in [3.63, 3.8) is 0 Å². The molecule has 124 valence electrons. The Morgan fingerprint density at radius 1 is 1.23 bits per heavy atom. The molecule has 22 heavy (non-hydrogen) atoms. The van der Waals surface area contributed by atoms with E-state index < -0.39 is 11.7 Å². The standard InChI is InChI=1S/C16H23F3N2O/c1-2-22-15-6-5-14(16(17,18)19)12-13(15)4-3-9-21-10-7-20-8-11-21/h5-6,12,20H,2-4,7-11H2,1H3. The molecule has 1 fully saturated rings. The van der Waals surface area contributed by atoms with Crippen molar-refractivity contribution >= 4 is 0 Å². The zero-order valence-electron chi connectivity index (χ0n) is 12.9. The largest absolute Gasteiger partial charge is 0.494 e. The van der Waals surface area contributed by atoms with Gasteiger partial charge in [0, 0.05) is 26.2 Å². The van der Waals surface area contributed by atoms with Crippen LogP contribution in [0.3, 0.4) is 0 Å². The zero-order valence-corrected chi connectivity index (χ0v) is 12.9. The Balaban J connectivity index is 1.99. The molecule has 1 aromatic carbocycles. The molecule has 6 heteroatoms. The normalized spacial score (nSPS) is 16.7. The highest BCUT2D eigenvalue weighted by molar-refractivity contribution is 5.38. The molecule has 0 aromatic heterocycles. The number of benzene rings is 1. The minimum atomic E-state index is -4.31. The number of nitrogens with one attached hydrogen (secondary N) is 1. The molecule has 0 atom stereocenters. The van der Waals surface area contributed by atoms with Gasteiger partial charge in [0.1, 0.15) is 5.75 Å². The predicted octanol–water partition coefficient (Wildman–Crippen LogP) is 2.94. The van der Waals surface area contributed by atoms with Crippen molar-refractivity contribution in [2.24, 2.45) is 0 Å². The van der Waals surface area contributed by atoms with Crippen LogP contribution in [-0.4, -0.2) is 44.2 Å².